The molecule has 7 heteroatoms. The van der Waals surface area contributed by atoms with E-state index < -0.39 is 18.3 Å². The Balaban J connectivity index is 3.39. The fraction of sp³-hybridized carbons (Fsp3) is 0.538. The third-order valence-corrected chi connectivity index (χ3v) is 6.48. The minimum absolute atomic E-state index is 0.00594. The Morgan fingerprint density at radius 3 is 2.35 bits per heavy atom. The number of hydrogen-bond acceptors (Lipinski definition) is 3. The fourth-order valence-corrected chi connectivity index (χ4v) is 4.07. The third kappa shape index (κ3) is 3.73. The molecule has 112 valence electrons. The zero-order valence-corrected chi connectivity index (χ0v) is 14.5. The summed E-state index contributed by atoms with van der Waals surface area (Å²) in [7, 11) is -2.21. The molecule has 0 aliphatic carbocycles. The second-order valence-corrected chi connectivity index (χ2v) is 12.8. The van der Waals surface area contributed by atoms with Gasteiger partial charge in [-0.15, -0.1) is 0 Å². The maximum Gasteiger partial charge on any atom is 0.306 e. The molecule has 0 radical (unpaired) electrons. The summed E-state index contributed by atoms with van der Waals surface area (Å²) < 4.78 is 26.7. The molecule has 0 fully saturated rings. The van der Waals surface area contributed by atoms with Crippen LogP contribution in [0.25, 0.3) is 0 Å². The Kier molecular flexibility index (Phi) is 5.21. The van der Waals surface area contributed by atoms with Crippen molar-refractivity contribution < 1.29 is 13.5 Å². The van der Waals surface area contributed by atoms with Crippen LogP contribution < -0.4 is 5.19 Å². The molecule has 1 aromatic heterocycles. The van der Waals surface area contributed by atoms with Crippen molar-refractivity contribution in [2.75, 3.05) is 20.7 Å². The zero-order valence-electron chi connectivity index (χ0n) is 12.6. The molecule has 20 heavy (non-hydrogen) atoms. The highest BCUT2D eigenvalue weighted by molar-refractivity contribution is 7.87. The molecular formula is C13H22N2O3SSi. The lowest BCUT2D eigenvalue weighted by atomic mass is 10.3. The van der Waals surface area contributed by atoms with E-state index in [1.807, 2.05) is 0 Å². The van der Waals surface area contributed by atoms with Crippen LogP contribution in [0.2, 0.25) is 19.6 Å². The first-order chi connectivity index (χ1) is 9.10. The first-order valence-corrected chi connectivity index (χ1v) is 11.3. The quantitative estimate of drug-likeness (QED) is 0.647. The molecule has 0 amide bonds. The molecule has 0 unspecified atom stereocenters. The Morgan fingerprint density at radius 1 is 1.30 bits per heavy atom. The van der Waals surface area contributed by atoms with Gasteiger partial charge in [0.15, 0.2) is 0 Å². The summed E-state index contributed by atoms with van der Waals surface area (Å²) in [6.07, 6.45) is 3.62. The average molecular weight is 314 g/mol. The molecule has 1 heterocycles. The van der Waals surface area contributed by atoms with E-state index in [4.69, 9.17) is 5.11 Å². The lowest BCUT2D eigenvalue weighted by molar-refractivity contribution is 0.305. The minimum Gasteiger partial charge on any atom is -0.395 e. The summed E-state index contributed by atoms with van der Waals surface area (Å²) in [6, 6.07) is 0. The van der Waals surface area contributed by atoms with E-state index in [0.29, 0.717) is 6.42 Å². The molecule has 1 N–H and O–H groups in total. The third-order valence-electron chi connectivity index (χ3n) is 2.80. The molecule has 5 nitrogen and oxygen atoms in total. The molecule has 0 spiro atoms. The van der Waals surface area contributed by atoms with E-state index in [1.165, 1.54) is 22.4 Å². The maximum atomic E-state index is 12.2. The van der Waals surface area contributed by atoms with Crippen molar-refractivity contribution in [2.24, 2.45) is 0 Å². The van der Waals surface area contributed by atoms with E-state index in [0.717, 1.165) is 10.8 Å². The summed E-state index contributed by atoms with van der Waals surface area (Å²) >= 11 is 0. The second-order valence-electron chi connectivity index (χ2n) is 5.73. The number of aliphatic hydroxyl groups excluding tert-OH is 1. The van der Waals surface area contributed by atoms with Crippen molar-refractivity contribution in [3.8, 4) is 11.8 Å². The van der Waals surface area contributed by atoms with Gasteiger partial charge < -0.3 is 5.11 Å². The van der Waals surface area contributed by atoms with Crippen LogP contribution in [0.15, 0.2) is 12.4 Å². The van der Waals surface area contributed by atoms with Gasteiger partial charge in [0, 0.05) is 38.5 Å². The summed E-state index contributed by atoms with van der Waals surface area (Å²) in [5.41, 5.74) is 0.739. The van der Waals surface area contributed by atoms with E-state index >= 15 is 0 Å². The van der Waals surface area contributed by atoms with Gasteiger partial charge in [-0.1, -0.05) is 31.5 Å². The van der Waals surface area contributed by atoms with E-state index in [9.17, 15) is 8.42 Å². The smallest absolute Gasteiger partial charge is 0.306 e. The number of aromatic nitrogens is 1. The van der Waals surface area contributed by atoms with Gasteiger partial charge in [0.2, 0.25) is 0 Å². The molecule has 0 saturated heterocycles. The van der Waals surface area contributed by atoms with Crippen molar-refractivity contribution in [2.45, 2.75) is 26.1 Å². The van der Waals surface area contributed by atoms with E-state index in [1.54, 1.807) is 12.4 Å². The molecule has 0 atom stereocenters. The van der Waals surface area contributed by atoms with Crippen molar-refractivity contribution >= 4 is 23.5 Å². The highest BCUT2D eigenvalue weighted by Gasteiger charge is 2.25. The molecule has 0 aliphatic heterocycles. The van der Waals surface area contributed by atoms with E-state index in [-0.39, 0.29) is 6.61 Å². The van der Waals surface area contributed by atoms with Crippen molar-refractivity contribution in [3.63, 3.8) is 0 Å². The average Bonchev–Trinajstić information content (AvgIpc) is 2.73. The molecule has 0 aromatic carbocycles. The van der Waals surface area contributed by atoms with Crippen LogP contribution in [0.3, 0.4) is 0 Å². The number of rotatable bonds is 4. The first kappa shape index (κ1) is 17.0. The van der Waals surface area contributed by atoms with Crippen LogP contribution in [0.1, 0.15) is 12.0 Å². The summed E-state index contributed by atoms with van der Waals surface area (Å²) in [5, 5.41) is 9.79. The number of hydrogen-bond donors (Lipinski definition) is 1. The van der Waals surface area contributed by atoms with Gasteiger partial charge in [0.1, 0.15) is 0 Å². The van der Waals surface area contributed by atoms with Gasteiger partial charge in [0.25, 0.3) is 0 Å². The van der Waals surface area contributed by atoms with Gasteiger partial charge in [-0.05, 0) is 5.19 Å². The normalized spacial score (nSPS) is 12.3. The summed E-state index contributed by atoms with van der Waals surface area (Å²) in [4.78, 5) is 0. The van der Waals surface area contributed by atoms with Gasteiger partial charge >= 0.3 is 10.2 Å². The summed E-state index contributed by atoms with van der Waals surface area (Å²) in [5.74, 6) is 5.83. The van der Waals surface area contributed by atoms with Gasteiger partial charge in [-0.3, -0.25) is 0 Å². The largest absolute Gasteiger partial charge is 0.395 e. The van der Waals surface area contributed by atoms with Crippen LogP contribution in [-0.4, -0.2) is 50.6 Å². The van der Waals surface area contributed by atoms with Crippen LogP contribution in [0.5, 0.6) is 0 Å². The van der Waals surface area contributed by atoms with Crippen LogP contribution in [0, 0.1) is 11.8 Å². The first-order valence-electron chi connectivity index (χ1n) is 6.36. The molecule has 1 aromatic rings. The van der Waals surface area contributed by atoms with Gasteiger partial charge in [-0.25, -0.2) is 3.97 Å². The van der Waals surface area contributed by atoms with Crippen LogP contribution in [-0.2, 0) is 10.2 Å². The minimum atomic E-state index is -3.51. The monoisotopic (exact) mass is 314 g/mol. The fourth-order valence-electron chi connectivity index (χ4n) is 1.66. The van der Waals surface area contributed by atoms with Crippen molar-refractivity contribution in [3.05, 3.63) is 18.0 Å². The topological polar surface area (TPSA) is 62.5 Å². The molecular weight excluding hydrogens is 292 g/mol. The Hall–Kier alpha value is -1.07. The lowest BCUT2D eigenvalue weighted by Crippen LogP contribution is -2.39. The van der Waals surface area contributed by atoms with Crippen molar-refractivity contribution in [1.29, 1.82) is 0 Å². The predicted molar refractivity (Wildman–Crippen MR) is 84.0 cm³/mol. The highest BCUT2D eigenvalue weighted by Crippen LogP contribution is 2.11. The predicted octanol–water partition coefficient (Wildman–Crippen LogP) is 0.422. The van der Waals surface area contributed by atoms with Gasteiger partial charge in [-0.2, -0.15) is 12.7 Å². The molecule has 1 rings (SSSR count). The SMILES string of the molecule is CN(C)S(=O)(=O)n1cc(C#CCCO)c([Si](C)(C)C)c1. The number of aliphatic hydroxyl groups is 1. The van der Waals surface area contributed by atoms with Crippen LogP contribution >= 0.6 is 0 Å². The zero-order chi connectivity index (χ0) is 15.6. The Morgan fingerprint density at radius 2 is 1.90 bits per heavy atom. The van der Waals surface area contributed by atoms with Crippen LogP contribution in [0.4, 0.5) is 0 Å². The van der Waals surface area contributed by atoms with Gasteiger partial charge in [0.05, 0.1) is 14.7 Å². The Bertz CT molecular complexity index is 631. The maximum absolute atomic E-state index is 12.2. The molecule has 0 aliphatic rings. The summed E-state index contributed by atoms with van der Waals surface area (Å²) in [6.45, 7) is 6.44. The number of nitrogens with zero attached hydrogens (tertiary/aromatic N) is 2. The molecule has 0 saturated carbocycles. The van der Waals surface area contributed by atoms with Crippen molar-refractivity contribution in [1.82, 2.24) is 8.28 Å². The standard InChI is InChI=1S/C13H22N2O3SSi/c1-14(2)19(17,18)15-10-12(8-6-7-9-16)13(11-15)20(3,4)5/h10-11,16H,7,9H2,1-5H3. The second kappa shape index (κ2) is 6.14. The van der Waals surface area contributed by atoms with E-state index in [2.05, 4.69) is 31.5 Å². The lowest BCUT2D eigenvalue weighted by Gasteiger charge is -2.15. The molecule has 0 bridgehead atoms. The Labute approximate surface area is 122 Å². The highest BCUT2D eigenvalue weighted by atomic mass is 32.2.